The lowest BCUT2D eigenvalue weighted by atomic mass is 9.94. The van der Waals surface area contributed by atoms with Gasteiger partial charge in [0.15, 0.2) is 0 Å². The SMILES string of the molecule is CC(C)CC(C)(O)CNc1ccc(C(=O)O)cn1. The van der Waals surface area contributed by atoms with Crippen molar-refractivity contribution in [2.24, 2.45) is 5.92 Å². The number of aliphatic hydroxyl groups is 1. The van der Waals surface area contributed by atoms with Crippen molar-refractivity contribution in [3.63, 3.8) is 0 Å². The predicted octanol–water partition coefficient (Wildman–Crippen LogP) is 1.99. The molecule has 100 valence electrons. The molecular weight excluding hydrogens is 232 g/mol. The summed E-state index contributed by atoms with van der Waals surface area (Å²) >= 11 is 0. The summed E-state index contributed by atoms with van der Waals surface area (Å²) in [4.78, 5) is 14.6. The van der Waals surface area contributed by atoms with E-state index in [0.717, 1.165) is 0 Å². The first-order valence-electron chi connectivity index (χ1n) is 5.96. The Morgan fingerprint density at radius 3 is 2.61 bits per heavy atom. The molecule has 0 saturated carbocycles. The van der Waals surface area contributed by atoms with Crippen LogP contribution in [-0.2, 0) is 0 Å². The average molecular weight is 252 g/mol. The van der Waals surface area contributed by atoms with Crippen molar-refractivity contribution >= 4 is 11.8 Å². The van der Waals surface area contributed by atoms with E-state index in [1.807, 2.05) is 13.8 Å². The lowest BCUT2D eigenvalue weighted by molar-refractivity contribution is 0.0514. The molecule has 18 heavy (non-hydrogen) atoms. The molecule has 0 amide bonds. The van der Waals surface area contributed by atoms with Crippen LogP contribution >= 0.6 is 0 Å². The molecule has 0 fully saturated rings. The molecule has 1 unspecified atom stereocenters. The summed E-state index contributed by atoms with van der Waals surface area (Å²) in [6.07, 6.45) is 1.98. The average Bonchev–Trinajstić information content (AvgIpc) is 2.25. The molecule has 0 radical (unpaired) electrons. The number of nitrogens with zero attached hydrogens (tertiary/aromatic N) is 1. The minimum atomic E-state index is -0.999. The van der Waals surface area contributed by atoms with Crippen LogP contribution in [0.15, 0.2) is 18.3 Å². The molecule has 0 spiro atoms. The second kappa shape index (κ2) is 5.82. The number of pyridine rings is 1. The summed E-state index contributed by atoms with van der Waals surface area (Å²) in [5, 5.41) is 21.8. The topological polar surface area (TPSA) is 82.5 Å². The number of hydrogen-bond donors (Lipinski definition) is 3. The van der Waals surface area contributed by atoms with Crippen molar-refractivity contribution in [1.29, 1.82) is 0 Å². The van der Waals surface area contributed by atoms with Crippen LogP contribution in [0.4, 0.5) is 5.82 Å². The zero-order valence-corrected chi connectivity index (χ0v) is 11.0. The van der Waals surface area contributed by atoms with E-state index in [4.69, 9.17) is 5.11 Å². The lowest BCUT2D eigenvalue weighted by Gasteiger charge is -2.25. The van der Waals surface area contributed by atoms with Crippen LogP contribution in [0.5, 0.6) is 0 Å². The Kier molecular flexibility index (Phi) is 4.67. The van der Waals surface area contributed by atoms with E-state index in [9.17, 15) is 9.90 Å². The number of rotatable bonds is 6. The van der Waals surface area contributed by atoms with E-state index in [1.165, 1.54) is 12.3 Å². The van der Waals surface area contributed by atoms with Gasteiger partial charge < -0.3 is 15.5 Å². The van der Waals surface area contributed by atoms with E-state index in [2.05, 4.69) is 10.3 Å². The molecule has 1 aromatic heterocycles. The number of carboxylic acid groups (broad SMARTS) is 1. The van der Waals surface area contributed by atoms with Gasteiger partial charge in [-0.25, -0.2) is 9.78 Å². The molecule has 5 nitrogen and oxygen atoms in total. The smallest absolute Gasteiger partial charge is 0.337 e. The number of hydrogen-bond acceptors (Lipinski definition) is 4. The summed E-state index contributed by atoms with van der Waals surface area (Å²) in [6.45, 7) is 6.25. The molecule has 0 aliphatic heterocycles. The largest absolute Gasteiger partial charge is 0.478 e. The third-order valence-electron chi connectivity index (χ3n) is 2.51. The third kappa shape index (κ3) is 4.71. The molecule has 0 aliphatic rings. The molecular formula is C13H20N2O3. The van der Waals surface area contributed by atoms with Crippen LogP contribution < -0.4 is 5.32 Å². The molecule has 1 rings (SSSR count). The zero-order valence-electron chi connectivity index (χ0n) is 11.0. The van der Waals surface area contributed by atoms with Gasteiger partial charge in [0.1, 0.15) is 5.82 Å². The van der Waals surface area contributed by atoms with Crippen molar-refractivity contribution in [2.45, 2.75) is 32.8 Å². The molecule has 0 aliphatic carbocycles. The molecule has 3 N–H and O–H groups in total. The van der Waals surface area contributed by atoms with E-state index in [0.29, 0.717) is 24.7 Å². The fraction of sp³-hybridized carbons (Fsp3) is 0.538. The minimum Gasteiger partial charge on any atom is -0.478 e. The number of carboxylic acids is 1. The maximum Gasteiger partial charge on any atom is 0.337 e. The van der Waals surface area contributed by atoms with E-state index < -0.39 is 11.6 Å². The van der Waals surface area contributed by atoms with Crippen molar-refractivity contribution in [3.05, 3.63) is 23.9 Å². The summed E-state index contributed by atoms with van der Waals surface area (Å²) in [6, 6.07) is 3.07. The molecule has 0 aromatic carbocycles. The summed E-state index contributed by atoms with van der Waals surface area (Å²) < 4.78 is 0. The van der Waals surface area contributed by atoms with Crippen molar-refractivity contribution in [3.8, 4) is 0 Å². The predicted molar refractivity (Wildman–Crippen MR) is 69.8 cm³/mol. The van der Waals surface area contributed by atoms with Crippen LogP contribution in [0, 0.1) is 5.92 Å². The van der Waals surface area contributed by atoms with Gasteiger partial charge in [0.25, 0.3) is 0 Å². The van der Waals surface area contributed by atoms with Gasteiger partial charge in [-0.15, -0.1) is 0 Å². The Hall–Kier alpha value is -1.62. The Morgan fingerprint density at radius 2 is 2.17 bits per heavy atom. The van der Waals surface area contributed by atoms with Gasteiger partial charge in [-0.2, -0.15) is 0 Å². The lowest BCUT2D eigenvalue weighted by Crippen LogP contribution is -2.35. The van der Waals surface area contributed by atoms with Gasteiger partial charge in [0.2, 0.25) is 0 Å². The molecule has 5 heteroatoms. The van der Waals surface area contributed by atoms with Gasteiger partial charge >= 0.3 is 5.97 Å². The van der Waals surface area contributed by atoms with E-state index in [1.54, 1.807) is 13.0 Å². The minimum absolute atomic E-state index is 0.148. The highest BCUT2D eigenvalue weighted by molar-refractivity contribution is 5.87. The van der Waals surface area contributed by atoms with E-state index in [-0.39, 0.29) is 5.56 Å². The molecule has 0 saturated heterocycles. The summed E-state index contributed by atoms with van der Waals surface area (Å²) in [5.41, 5.74) is -0.657. The Bertz CT molecular complexity index is 399. The van der Waals surface area contributed by atoms with Crippen LogP contribution in [-0.4, -0.2) is 33.3 Å². The monoisotopic (exact) mass is 252 g/mol. The number of aromatic nitrogens is 1. The van der Waals surface area contributed by atoms with Crippen LogP contribution in [0.25, 0.3) is 0 Å². The van der Waals surface area contributed by atoms with Gasteiger partial charge in [-0.1, -0.05) is 13.8 Å². The fourth-order valence-corrected chi connectivity index (χ4v) is 1.86. The van der Waals surface area contributed by atoms with Crippen molar-refractivity contribution in [2.75, 3.05) is 11.9 Å². The van der Waals surface area contributed by atoms with Gasteiger partial charge in [-0.05, 0) is 31.4 Å². The maximum absolute atomic E-state index is 10.7. The number of carbonyl (C=O) groups is 1. The number of anilines is 1. The third-order valence-corrected chi connectivity index (χ3v) is 2.51. The number of nitrogens with one attached hydrogen (secondary N) is 1. The zero-order chi connectivity index (χ0) is 13.8. The summed E-state index contributed by atoms with van der Waals surface area (Å²) in [7, 11) is 0. The fourth-order valence-electron chi connectivity index (χ4n) is 1.86. The van der Waals surface area contributed by atoms with E-state index >= 15 is 0 Å². The van der Waals surface area contributed by atoms with Crippen LogP contribution in [0.1, 0.15) is 37.6 Å². The van der Waals surface area contributed by atoms with Crippen molar-refractivity contribution < 1.29 is 15.0 Å². The molecule has 0 bridgehead atoms. The first kappa shape index (κ1) is 14.4. The molecule has 1 atom stereocenters. The van der Waals surface area contributed by atoms with Gasteiger partial charge in [-0.3, -0.25) is 0 Å². The number of aromatic carboxylic acids is 1. The Morgan fingerprint density at radius 1 is 1.50 bits per heavy atom. The quantitative estimate of drug-likeness (QED) is 0.721. The Labute approximate surface area is 107 Å². The highest BCUT2D eigenvalue weighted by Crippen LogP contribution is 2.17. The summed E-state index contributed by atoms with van der Waals surface area (Å²) in [5.74, 6) is -0.0333. The highest BCUT2D eigenvalue weighted by atomic mass is 16.4. The second-order valence-corrected chi connectivity index (χ2v) is 5.19. The Balaban J connectivity index is 2.55. The van der Waals surface area contributed by atoms with Crippen LogP contribution in [0.3, 0.4) is 0 Å². The van der Waals surface area contributed by atoms with Gasteiger partial charge in [0, 0.05) is 12.7 Å². The maximum atomic E-state index is 10.7. The normalized spacial score (nSPS) is 14.3. The standard InChI is InChI=1S/C13H20N2O3/c1-9(2)6-13(3,18)8-15-11-5-4-10(7-14-11)12(16)17/h4-5,7,9,18H,6,8H2,1-3H3,(H,14,15)(H,16,17). The first-order chi connectivity index (χ1) is 8.30. The van der Waals surface area contributed by atoms with Gasteiger partial charge in [0.05, 0.1) is 11.2 Å². The highest BCUT2D eigenvalue weighted by Gasteiger charge is 2.21. The first-order valence-corrected chi connectivity index (χ1v) is 5.96. The molecule has 1 heterocycles. The van der Waals surface area contributed by atoms with Crippen LogP contribution in [0.2, 0.25) is 0 Å². The van der Waals surface area contributed by atoms with Crippen molar-refractivity contribution in [1.82, 2.24) is 4.98 Å². The second-order valence-electron chi connectivity index (χ2n) is 5.19. The molecule has 1 aromatic rings.